The minimum absolute atomic E-state index is 0.186. The van der Waals surface area contributed by atoms with Crippen molar-refractivity contribution in [1.82, 2.24) is 0 Å². The lowest BCUT2D eigenvalue weighted by Gasteiger charge is -2.25. The molecule has 0 spiro atoms. The number of thiophene rings is 2. The maximum absolute atomic E-state index is 15.0. The van der Waals surface area contributed by atoms with Crippen LogP contribution in [0.3, 0.4) is 0 Å². The van der Waals surface area contributed by atoms with Crippen LogP contribution in [0.2, 0.25) is 0 Å². The molecule has 172 valence electrons. The molecule has 3 rings (SSSR count). The van der Waals surface area contributed by atoms with E-state index in [4.69, 9.17) is 0 Å². The number of halogens is 6. The summed E-state index contributed by atoms with van der Waals surface area (Å²) in [7, 11) is 0. The van der Waals surface area contributed by atoms with Gasteiger partial charge >= 0.3 is 17.8 Å². The lowest BCUT2D eigenvalue weighted by atomic mass is 9.94. The molecule has 0 N–H and O–H groups in total. The molecule has 0 fully saturated rings. The summed E-state index contributed by atoms with van der Waals surface area (Å²) in [6, 6.07) is 2.80. The zero-order valence-corrected chi connectivity index (χ0v) is 19.6. The Labute approximate surface area is 187 Å². The summed E-state index contributed by atoms with van der Waals surface area (Å²) >= 11 is 2.41. The Kier molecular flexibility index (Phi) is 6.74. The maximum atomic E-state index is 15.0. The quantitative estimate of drug-likeness (QED) is 0.331. The fourth-order valence-corrected chi connectivity index (χ4v) is 6.14. The molecule has 2 heterocycles. The molecule has 0 aliphatic heterocycles. The van der Waals surface area contributed by atoms with Gasteiger partial charge < -0.3 is 0 Å². The summed E-state index contributed by atoms with van der Waals surface area (Å²) in [5, 5.41) is 0. The Balaban J connectivity index is 2.27. The van der Waals surface area contributed by atoms with Crippen LogP contribution in [0.1, 0.15) is 70.2 Å². The summed E-state index contributed by atoms with van der Waals surface area (Å²) in [6.45, 7) is 7.00. The van der Waals surface area contributed by atoms with Crippen LogP contribution in [-0.4, -0.2) is 17.8 Å². The molecule has 0 bridgehead atoms. The maximum Gasteiger partial charge on any atom is 0.380 e. The van der Waals surface area contributed by atoms with Crippen molar-refractivity contribution in [2.75, 3.05) is 0 Å². The van der Waals surface area contributed by atoms with E-state index in [-0.39, 0.29) is 11.1 Å². The van der Waals surface area contributed by atoms with Gasteiger partial charge in [0.1, 0.15) is 0 Å². The average Bonchev–Trinajstić information content (AvgIpc) is 3.26. The number of hydrogen-bond donors (Lipinski definition) is 0. The van der Waals surface area contributed by atoms with Gasteiger partial charge in [0.05, 0.1) is 0 Å². The molecule has 0 saturated heterocycles. The SMILES string of the molecule is CCCCc1cc(C2=C(c3cc(CCCC)sc3C)C(F)(F)C(F)(F)C2(F)F)c(C)s1. The average molecular weight is 481 g/mol. The molecule has 0 amide bonds. The van der Waals surface area contributed by atoms with Gasteiger partial charge in [-0.2, -0.15) is 26.3 Å². The highest BCUT2D eigenvalue weighted by atomic mass is 32.1. The third kappa shape index (κ3) is 3.88. The number of alkyl halides is 6. The van der Waals surface area contributed by atoms with Crippen LogP contribution in [0.25, 0.3) is 11.1 Å². The van der Waals surface area contributed by atoms with E-state index in [0.29, 0.717) is 22.6 Å². The molecular weight excluding hydrogens is 454 g/mol. The first-order valence-electron chi connectivity index (χ1n) is 10.5. The summed E-state index contributed by atoms with van der Waals surface area (Å²) < 4.78 is 89.1. The van der Waals surface area contributed by atoms with Crippen molar-refractivity contribution < 1.29 is 26.3 Å². The second-order valence-electron chi connectivity index (χ2n) is 8.05. The van der Waals surface area contributed by atoms with E-state index < -0.39 is 28.9 Å². The van der Waals surface area contributed by atoms with Gasteiger partial charge in [-0.3, -0.25) is 0 Å². The number of aryl methyl sites for hydroxylation is 4. The van der Waals surface area contributed by atoms with E-state index in [9.17, 15) is 8.78 Å². The Bertz CT molecular complexity index is 904. The molecule has 0 saturated carbocycles. The highest BCUT2D eigenvalue weighted by molar-refractivity contribution is 7.12. The smallest absolute Gasteiger partial charge is 0.194 e. The Hall–Kier alpha value is -1.28. The Morgan fingerprint density at radius 2 is 1.03 bits per heavy atom. The minimum Gasteiger partial charge on any atom is -0.194 e. The normalized spacial score (nSPS) is 19.4. The fraction of sp³-hybridized carbons (Fsp3) is 0.565. The predicted molar refractivity (Wildman–Crippen MR) is 117 cm³/mol. The van der Waals surface area contributed by atoms with Crippen molar-refractivity contribution in [3.05, 3.63) is 42.8 Å². The molecular formula is C23H26F6S2. The monoisotopic (exact) mass is 480 g/mol. The molecule has 2 aromatic rings. The van der Waals surface area contributed by atoms with E-state index in [1.54, 1.807) is 0 Å². The van der Waals surface area contributed by atoms with Crippen molar-refractivity contribution in [3.63, 3.8) is 0 Å². The summed E-state index contributed by atoms with van der Waals surface area (Å²) in [4.78, 5) is 2.18. The largest absolute Gasteiger partial charge is 0.380 e. The lowest BCUT2D eigenvalue weighted by molar-refractivity contribution is -0.254. The Morgan fingerprint density at radius 1 is 0.677 bits per heavy atom. The van der Waals surface area contributed by atoms with Gasteiger partial charge in [-0.1, -0.05) is 26.7 Å². The lowest BCUT2D eigenvalue weighted by Crippen LogP contribution is -2.48. The van der Waals surface area contributed by atoms with E-state index >= 15 is 17.6 Å². The molecule has 0 nitrogen and oxygen atoms in total. The van der Waals surface area contributed by atoms with Crippen LogP contribution >= 0.6 is 22.7 Å². The molecule has 31 heavy (non-hydrogen) atoms. The van der Waals surface area contributed by atoms with Crippen molar-refractivity contribution in [3.8, 4) is 0 Å². The number of rotatable bonds is 8. The number of hydrogen-bond acceptors (Lipinski definition) is 2. The van der Waals surface area contributed by atoms with E-state index in [0.717, 1.165) is 35.4 Å². The first kappa shape index (κ1) is 24.4. The molecule has 0 aromatic carbocycles. The summed E-state index contributed by atoms with van der Waals surface area (Å²) in [6.07, 6.45) is 4.56. The third-order valence-corrected chi connectivity index (χ3v) is 7.92. The van der Waals surface area contributed by atoms with E-state index in [2.05, 4.69) is 0 Å². The van der Waals surface area contributed by atoms with Gasteiger partial charge in [0.2, 0.25) is 0 Å². The predicted octanol–water partition coefficient (Wildman–Crippen LogP) is 8.94. The second-order valence-corrected chi connectivity index (χ2v) is 10.7. The molecule has 0 atom stereocenters. The number of unbranched alkanes of at least 4 members (excludes halogenated alkanes) is 2. The second kappa shape index (κ2) is 8.58. The van der Waals surface area contributed by atoms with E-state index in [1.165, 1.54) is 48.7 Å². The van der Waals surface area contributed by atoms with Gasteiger partial charge in [-0.05, 0) is 62.8 Å². The zero-order chi connectivity index (χ0) is 23.2. The zero-order valence-electron chi connectivity index (χ0n) is 18.0. The highest BCUT2D eigenvalue weighted by Gasteiger charge is 2.80. The molecule has 1 aliphatic carbocycles. The molecule has 0 radical (unpaired) electrons. The van der Waals surface area contributed by atoms with Gasteiger partial charge in [0, 0.05) is 30.7 Å². The first-order chi connectivity index (χ1) is 14.4. The fourth-order valence-electron chi connectivity index (χ4n) is 3.96. The van der Waals surface area contributed by atoms with Gasteiger partial charge in [-0.25, -0.2) is 0 Å². The van der Waals surface area contributed by atoms with Crippen LogP contribution in [-0.2, 0) is 12.8 Å². The topological polar surface area (TPSA) is 0 Å². The van der Waals surface area contributed by atoms with Crippen LogP contribution < -0.4 is 0 Å². The van der Waals surface area contributed by atoms with Crippen molar-refractivity contribution in [2.45, 2.75) is 84.0 Å². The van der Waals surface area contributed by atoms with E-state index in [1.807, 2.05) is 13.8 Å². The standard InChI is InChI=1S/C23H26F6S2/c1-5-7-9-15-11-17(13(3)30-15)19-20(22(26,27)23(28,29)21(19,24)25)18-12-16(10-8-6-2)31-14(18)4/h11-12H,5-10H2,1-4H3. The minimum atomic E-state index is -5.50. The first-order valence-corrected chi connectivity index (χ1v) is 12.1. The molecule has 1 aliphatic rings. The molecule has 0 unspecified atom stereocenters. The van der Waals surface area contributed by atoms with Crippen LogP contribution in [0, 0.1) is 13.8 Å². The third-order valence-electron chi connectivity index (χ3n) is 5.70. The Morgan fingerprint density at radius 3 is 1.35 bits per heavy atom. The van der Waals surface area contributed by atoms with Crippen LogP contribution in [0.5, 0.6) is 0 Å². The summed E-state index contributed by atoms with van der Waals surface area (Å²) in [5.74, 6) is -15.4. The van der Waals surface area contributed by atoms with Gasteiger partial charge in [-0.15, -0.1) is 22.7 Å². The highest BCUT2D eigenvalue weighted by Crippen LogP contribution is 2.65. The molecule has 2 aromatic heterocycles. The van der Waals surface area contributed by atoms with Crippen molar-refractivity contribution >= 4 is 33.8 Å². The van der Waals surface area contributed by atoms with Crippen molar-refractivity contribution in [2.24, 2.45) is 0 Å². The number of allylic oxidation sites excluding steroid dienone is 2. The van der Waals surface area contributed by atoms with Gasteiger partial charge in [0.15, 0.2) is 0 Å². The summed E-state index contributed by atoms with van der Waals surface area (Å²) in [5.41, 5.74) is -2.81. The van der Waals surface area contributed by atoms with Gasteiger partial charge in [0.25, 0.3) is 0 Å². The van der Waals surface area contributed by atoms with Crippen molar-refractivity contribution in [1.29, 1.82) is 0 Å². The van der Waals surface area contributed by atoms with Crippen LogP contribution in [0.4, 0.5) is 26.3 Å². The molecule has 8 heteroatoms. The van der Waals surface area contributed by atoms with Crippen LogP contribution in [0.15, 0.2) is 12.1 Å².